The molecule has 0 atom stereocenters. The molecule has 1 heterocycles. The zero-order valence-electron chi connectivity index (χ0n) is 12.7. The van der Waals surface area contributed by atoms with Gasteiger partial charge in [-0.15, -0.1) is 0 Å². The van der Waals surface area contributed by atoms with Gasteiger partial charge < -0.3 is 14.5 Å². The lowest BCUT2D eigenvalue weighted by Crippen LogP contribution is -2.21. The third-order valence-corrected chi connectivity index (χ3v) is 3.49. The molecule has 0 fully saturated rings. The van der Waals surface area contributed by atoms with E-state index in [0.29, 0.717) is 34.3 Å². The van der Waals surface area contributed by atoms with E-state index in [4.69, 9.17) is 9.15 Å². The highest BCUT2D eigenvalue weighted by molar-refractivity contribution is 6.06. The summed E-state index contributed by atoms with van der Waals surface area (Å²) in [5.41, 5.74) is 0.194. The number of hydrogen-bond donors (Lipinski definition) is 1. The molecule has 0 saturated carbocycles. The molecule has 0 radical (unpaired) electrons. The Morgan fingerprint density at radius 3 is 2.71 bits per heavy atom. The molecule has 3 rings (SSSR count). The fraction of sp³-hybridized carbons (Fsp3) is 0.0556. The van der Waals surface area contributed by atoms with Crippen molar-refractivity contribution in [2.24, 2.45) is 0 Å². The van der Waals surface area contributed by atoms with Gasteiger partial charge in [-0.1, -0.05) is 18.2 Å². The van der Waals surface area contributed by atoms with E-state index in [9.17, 15) is 14.4 Å². The smallest absolute Gasteiger partial charge is 0.349 e. The number of para-hydroxylation sites is 1. The monoisotopic (exact) mass is 323 g/mol. The van der Waals surface area contributed by atoms with Gasteiger partial charge >= 0.3 is 5.63 Å². The Labute approximate surface area is 136 Å². The fourth-order valence-electron chi connectivity index (χ4n) is 2.31. The molecule has 2 aromatic carbocycles. The van der Waals surface area contributed by atoms with E-state index < -0.39 is 11.5 Å². The zero-order chi connectivity index (χ0) is 17.1. The minimum absolute atomic E-state index is 0.132. The van der Waals surface area contributed by atoms with E-state index in [1.165, 1.54) is 19.2 Å². The molecule has 0 aliphatic carbocycles. The van der Waals surface area contributed by atoms with Crippen molar-refractivity contribution in [1.82, 2.24) is 0 Å². The summed E-state index contributed by atoms with van der Waals surface area (Å²) in [5, 5.41) is 3.21. The van der Waals surface area contributed by atoms with Crippen molar-refractivity contribution in [3.63, 3.8) is 0 Å². The first-order valence-corrected chi connectivity index (χ1v) is 7.10. The van der Waals surface area contributed by atoms with Crippen LogP contribution in [0.25, 0.3) is 11.0 Å². The number of nitrogens with one attached hydrogen (secondary N) is 1. The van der Waals surface area contributed by atoms with Gasteiger partial charge in [0.15, 0.2) is 0 Å². The van der Waals surface area contributed by atoms with Crippen LogP contribution < -0.4 is 15.7 Å². The summed E-state index contributed by atoms with van der Waals surface area (Å²) in [6.07, 6.45) is 0.652. The quantitative estimate of drug-likeness (QED) is 0.589. The highest BCUT2D eigenvalue weighted by Crippen LogP contribution is 2.25. The molecule has 0 unspecified atom stereocenters. The largest absolute Gasteiger partial charge is 0.495 e. The van der Waals surface area contributed by atoms with Crippen molar-refractivity contribution in [2.45, 2.75) is 0 Å². The summed E-state index contributed by atoms with van der Waals surface area (Å²) in [5.74, 6) is -0.269. The Kier molecular flexibility index (Phi) is 4.11. The molecule has 0 aliphatic heterocycles. The molecule has 120 valence electrons. The molecule has 3 aromatic rings. The number of benzene rings is 2. The van der Waals surface area contributed by atoms with Gasteiger partial charge in [0.2, 0.25) is 0 Å². The minimum atomic E-state index is -0.739. The summed E-state index contributed by atoms with van der Waals surface area (Å²) in [4.78, 5) is 35.4. The number of anilines is 1. The van der Waals surface area contributed by atoms with Crippen LogP contribution in [0.15, 0.2) is 57.7 Å². The van der Waals surface area contributed by atoms with E-state index in [-0.39, 0.29) is 5.56 Å². The van der Waals surface area contributed by atoms with Gasteiger partial charge in [-0.05, 0) is 30.3 Å². The number of methoxy groups -OCH3 is 1. The van der Waals surface area contributed by atoms with Crippen molar-refractivity contribution < 1.29 is 18.7 Å². The van der Waals surface area contributed by atoms with Gasteiger partial charge in [-0.3, -0.25) is 9.59 Å². The number of carbonyl (C=O) groups excluding carboxylic acids is 2. The van der Waals surface area contributed by atoms with Gasteiger partial charge in [0, 0.05) is 10.9 Å². The lowest BCUT2D eigenvalue weighted by atomic mass is 10.1. The Morgan fingerprint density at radius 2 is 1.96 bits per heavy atom. The minimum Gasteiger partial charge on any atom is -0.495 e. The number of rotatable bonds is 4. The van der Waals surface area contributed by atoms with Crippen molar-refractivity contribution in [2.75, 3.05) is 12.4 Å². The summed E-state index contributed by atoms with van der Waals surface area (Å²) >= 11 is 0. The molecular formula is C18H13NO5. The van der Waals surface area contributed by atoms with Crippen LogP contribution in [0.5, 0.6) is 5.75 Å². The average molecular weight is 323 g/mol. The fourth-order valence-corrected chi connectivity index (χ4v) is 2.31. The van der Waals surface area contributed by atoms with Crippen LogP contribution in [0.1, 0.15) is 20.7 Å². The number of carbonyl (C=O) groups is 2. The van der Waals surface area contributed by atoms with Crippen LogP contribution >= 0.6 is 0 Å². The lowest BCUT2D eigenvalue weighted by molar-refractivity contribution is 0.102. The maximum atomic E-state index is 12.4. The van der Waals surface area contributed by atoms with E-state index in [1.54, 1.807) is 36.4 Å². The van der Waals surface area contributed by atoms with E-state index in [0.717, 1.165) is 0 Å². The Bertz CT molecular complexity index is 990. The Hall–Kier alpha value is -3.41. The van der Waals surface area contributed by atoms with E-state index in [2.05, 4.69) is 5.32 Å². The third kappa shape index (κ3) is 2.89. The maximum Gasteiger partial charge on any atom is 0.349 e. The standard InChI is InChI=1S/C18H13NO5/c1-23-16-7-6-11(10-20)8-14(16)19-17(21)13-9-12-4-2-3-5-15(12)24-18(13)22/h2-10H,1H3,(H,19,21). The second-order valence-corrected chi connectivity index (χ2v) is 5.02. The number of hydrogen-bond acceptors (Lipinski definition) is 5. The second kappa shape index (κ2) is 6.37. The lowest BCUT2D eigenvalue weighted by Gasteiger charge is -2.10. The van der Waals surface area contributed by atoms with Gasteiger partial charge in [-0.2, -0.15) is 0 Å². The van der Waals surface area contributed by atoms with Crippen molar-refractivity contribution in [3.05, 3.63) is 70.1 Å². The predicted octanol–water partition coefficient (Wildman–Crippen LogP) is 2.87. The van der Waals surface area contributed by atoms with Gasteiger partial charge in [-0.25, -0.2) is 4.79 Å². The zero-order valence-corrected chi connectivity index (χ0v) is 12.7. The first-order chi connectivity index (χ1) is 11.6. The van der Waals surface area contributed by atoms with Crippen LogP contribution in [0, 0.1) is 0 Å². The van der Waals surface area contributed by atoms with Gasteiger partial charge in [0.1, 0.15) is 23.2 Å². The number of aldehydes is 1. The number of fused-ring (bicyclic) bond motifs is 1. The van der Waals surface area contributed by atoms with Crippen LogP contribution in [0.2, 0.25) is 0 Å². The molecule has 6 heteroatoms. The summed E-state index contributed by atoms with van der Waals surface area (Å²) in [7, 11) is 1.44. The molecule has 1 N–H and O–H groups in total. The molecule has 6 nitrogen and oxygen atoms in total. The first kappa shape index (κ1) is 15.5. The van der Waals surface area contributed by atoms with Crippen LogP contribution in [0.3, 0.4) is 0 Å². The second-order valence-electron chi connectivity index (χ2n) is 5.02. The normalized spacial score (nSPS) is 10.4. The van der Waals surface area contributed by atoms with Crippen molar-refractivity contribution >= 4 is 28.8 Å². The SMILES string of the molecule is COc1ccc(C=O)cc1NC(=O)c1cc2ccccc2oc1=O. The molecule has 0 bridgehead atoms. The Morgan fingerprint density at radius 1 is 1.17 bits per heavy atom. The molecule has 0 saturated heterocycles. The third-order valence-electron chi connectivity index (χ3n) is 3.49. The van der Waals surface area contributed by atoms with Gasteiger partial charge in [0.25, 0.3) is 5.91 Å². The summed E-state index contributed by atoms with van der Waals surface area (Å²) < 4.78 is 10.3. The predicted molar refractivity (Wildman–Crippen MR) is 88.8 cm³/mol. The number of ether oxygens (including phenoxy) is 1. The molecular weight excluding hydrogens is 310 g/mol. The summed E-state index contributed by atoms with van der Waals surface area (Å²) in [6, 6.07) is 13.0. The molecule has 0 spiro atoms. The van der Waals surface area contributed by atoms with Crippen LogP contribution in [0.4, 0.5) is 5.69 Å². The first-order valence-electron chi connectivity index (χ1n) is 7.10. The summed E-state index contributed by atoms with van der Waals surface area (Å²) in [6.45, 7) is 0. The molecule has 1 amide bonds. The molecule has 1 aromatic heterocycles. The molecule has 24 heavy (non-hydrogen) atoms. The molecule has 0 aliphatic rings. The average Bonchev–Trinajstić information content (AvgIpc) is 2.60. The maximum absolute atomic E-state index is 12.4. The van der Waals surface area contributed by atoms with E-state index >= 15 is 0 Å². The van der Waals surface area contributed by atoms with Crippen LogP contribution in [-0.4, -0.2) is 19.3 Å². The number of amides is 1. The highest BCUT2D eigenvalue weighted by atomic mass is 16.5. The highest BCUT2D eigenvalue weighted by Gasteiger charge is 2.16. The van der Waals surface area contributed by atoms with Crippen molar-refractivity contribution in [3.8, 4) is 5.75 Å². The van der Waals surface area contributed by atoms with Crippen LogP contribution in [-0.2, 0) is 0 Å². The Balaban J connectivity index is 2.00. The van der Waals surface area contributed by atoms with E-state index in [1.807, 2.05) is 0 Å². The van der Waals surface area contributed by atoms with Crippen molar-refractivity contribution in [1.29, 1.82) is 0 Å². The van der Waals surface area contributed by atoms with Gasteiger partial charge in [0.05, 0.1) is 12.8 Å². The topological polar surface area (TPSA) is 85.6 Å².